The van der Waals surface area contributed by atoms with Gasteiger partial charge >= 0.3 is 0 Å². The quantitative estimate of drug-likeness (QED) is 0.475. The van der Waals surface area contributed by atoms with E-state index in [9.17, 15) is 10.1 Å². The summed E-state index contributed by atoms with van der Waals surface area (Å²) in [5, 5.41) is 10.9. The van der Waals surface area contributed by atoms with Crippen LogP contribution in [0.2, 0.25) is 0 Å². The van der Waals surface area contributed by atoms with Gasteiger partial charge in [0.1, 0.15) is 6.10 Å². The van der Waals surface area contributed by atoms with E-state index in [0.29, 0.717) is 17.1 Å². The molecule has 0 radical (unpaired) electrons. The predicted molar refractivity (Wildman–Crippen MR) is 67.8 cm³/mol. The Hall–Kier alpha value is -2.08. The molecule has 6 nitrogen and oxygen atoms in total. The molecule has 18 heavy (non-hydrogen) atoms. The van der Waals surface area contributed by atoms with Crippen LogP contribution in [0.15, 0.2) is 24.8 Å². The molecular weight excluding hydrogens is 236 g/mol. The molecule has 1 aromatic carbocycles. The molecule has 1 rings (SSSR count). The number of nitrogens with zero attached hydrogens (tertiary/aromatic N) is 1. The summed E-state index contributed by atoms with van der Waals surface area (Å²) in [6.45, 7) is 5.42. The lowest BCUT2D eigenvalue weighted by atomic mass is 10.1. The molecule has 0 amide bonds. The second kappa shape index (κ2) is 6.02. The van der Waals surface area contributed by atoms with Crippen molar-refractivity contribution in [1.29, 1.82) is 0 Å². The molecular formula is C12H16N2O4. The van der Waals surface area contributed by atoms with E-state index >= 15 is 0 Å². The first kappa shape index (κ1) is 14.0. The minimum atomic E-state index is -0.493. The van der Waals surface area contributed by atoms with E-state index in [1.54, 1.807) is 13.0 Å². The SMILES string of the molecule is C=CC(C)Oc1cc([N+](=O)[O-])c(CN)cc1OC. The summed E-state index contributed by atoms with van der Waals surface area (Å²) in [4.78, 5) is 10.4. The van der Waals surface area contributed by atoms with Gasteiger partial charge in [0.25, 0.3) is 5.69 Å². The smallest absolute Gasteiger partial charge is 0.277 e. The van der Waals surface area contributed by atoms with Gasteiger partial charge in [-0.3, -0.25) is 10.1 Å². The van der Waals surface area contributed by atoms with Gasteiger partial charge in [0.15, 0.2) is 11.5 Å². The number of nitro groups is 1. The van der Waals surface area contributed by atoms with Crippen molar-refractivity contribution in [3.05, 3.63) is 40.5 Å². The van der Waals surface area contributed by atoms with E-state index in [4.69, 9.17) is 15.2 Å². The largest absolute Gasteiger partial charge is 0.493 e. The van der Waals surface area contributed by atoms with Crippen LogP contribution < -0.4 is 15.2 Å². The highest BCUT2D eigenvalue weighted by molar-refractivity contribution is 5.54. The number of methoxy groups -OCH3 is 1. The third-order valence-corrected chi connectivity index (χ3v) is 2.43. The van der Waals surface area contributed by atoms with Crippen molar-refractivity contribution in [3.8, 4) is 11.5 Å². The molecule has 0 aliphatic carbocycles. The third-order valence-electron chi connectivity index (χ3n) is 2.43. The molecule has 0 spiro atoms. The van der Waals surface area contributed by atoms with Crippen LogP contribution in [0.5, 0.6) is 11.5 Å². The Kier molecular flexibility index (Phi) is 4.67. The zero-order valence-electron chi connectivity index (χ0n) is 10.4. The maximum atomic E-state index is 10.9. The van der Waals surface area contributed by atoms with E-state index in [1.807, 2.05) is 0 Å². The van der Waals surface area contributed by atoms with Gasteiger partial charge in [-0.15, -0.1) is 0 Å². The average Bonchev–Trinajstić information content (AvgIpc) is 2.37. The van der Waals surface area contributed by atoms with Crippen LogP contribution in [0.3, 0.4) is 0 Å². The Balaban J connectivity index is 3.27. The number of nitrogens with two attached hydrogens (primary N) is 1. The maximum Gasteiger partial charge on any atom is 0.277 e. The van der Waals surface area contributed by atoms with Crippen LogP contribution in [0.1, 0.15) is 12.5 Å². The van der Waals surface area contributed by atoms with Gasteiger partial charge in [-0.2, -0.15) is 0 Å². The van der Waals surface area contributed by atoms with Gasteiger partial charge in [0.05, 0.1) is 18.1 Å². The topological polar surface area (TPSA) is 87.6 Å². The highest BCUT2D eigenvalue weighted by Gasteiger charge is 2.19. The van der Waals surface area contributed by atoms with Crippen molar-refractivity contribution in [2.75, 3.05) is 7.11 Å². The zero-order valence-corrected chi connectivity index (χ0v) is 10.4. The fourth-order valence-electron chi connectivity index (χ4n) is 1.42. The number of rotatable bonds is 6. The molecule has 0 fully saturated rings. The summed E-state index contributed by atoms with van der Waals surface area (Å²) in [6.07, 6.45) is 1.31. The van der Waals surface area contributed by atoms with Gasteiger partial charge in [-0.05, 0) is 13.0 Å². The number of ether oxygens (including phenoxy) is 2. The molecule has 0 aromatic heterocycles. The third kappa shape index (κ3) is 2.98. The molecule has 98 valence electrons. The van der Waals surface area contributed by atoms with E-state index in [1.165, 1.54) is 19.2 Å². The van der Waals surface area contributed by atoms with Crippen LogP contribution in [-0.2, 0) is 6.54 Å². The van der Waals surface area contributed by atoms with Crippen molar-refractivity contribution in [3.63, 3.8) is 0 Å². The summed E-state index contributed by atoms with van der Waals surface area (Å²) < 4.78 is 10.6. The molecule has 0 saturated heterocycles. The van der Waals surface area contributed by atoms with Gasteiger partial charge in [0, 0.05) is 12.1 Å². The lowest BCUT2D eigenvalue weighted by Gasteiger charge is -2.14. The Bertz CT molecular complexity index is 460. The van der Waals surface area contributed by atoms with E-state index in [0.717, 1.165) is 0 Å². The monoisotopic (exact) mass is 252 g/mol. The van der Waals surface area contributed by atoms with Crippen LogP contribution in [0, 0.1) is 10.1 Å². The van der Waals surface area contributed by atoms with E-state index in [-0.39, 0.29) is 18.3 Å². The lowest BCUT2D eigenvalue weighted by molar-refractivity contribution is -0.385. The van der Waals surface area contributed by atoms with Crippen molar-refractivity contribution in [1.82, 2.24) is 0 Å². The van der Waals surface area contributed by atoms with E-state index in [2.05, 4.69) is 6.58 Å². The Morgan fingerprint density at radius 1 is 1.56 bits per heavy atom. The van der Waals surface area contributed by atoms with Gasteiger partial charge in [0.2, 0.25) is 0 Å². The number of benzene rings is 1. The molecule has 1 aromatic rings. The van der Waals surface area contributed by atoms with Crippen molar-refractivity contribution >= 4 is 5.69 Å². The van der Waals surface area contributed by atoms with E-state index < -0.39 is 4.92 Å². The second-order valence-electron chi connectivity index (χ2n) is 3.65. The lowest BCUT2D eigenvalue weighted by Crippen LogP contribution is -2.10. The zero-order chi connectivity index (χ0) is 13.7. The van der Waals surface area contributed by atoms with Gasteiger partial charge in [-0.1, -0.05) is 12.7 Å². The Morgan fingerprint density at radius 3 is 2.67 bits per heavy atom. The second-order valence-corrected chi connectivity index (χ2v) is 3.65. The van der Waals surface area contributed by atoms with Crippen molar-refractivity contribution in [2.45, 2.75) is 19.6 Å². The van der Waals surface area contributed by atoms with Gasteiger partial charge in [-0.25, -0.2) is 0 Å². The van der Waals surface area contributed by atoms with Gasteiger partial charge < -0.3 is 15.2 Å². The molecule has 2 N–H and O–H groups in total. The number of hydrogen-bond acceptors (Lipinski definition) is 5. The fraction of sp³-hybridized carbons (Fsp3) is 0.333. The van der Waals surface area contributed by atoms with Crippen molar-refractivity contribution in [2.24, 2.45) is 5.73 Å². The molecule has 0 bridgehead atoms. The fourth-order valence-corrected chi connectivity index (χ4v) is 1.42. The summed E-state index contributed by atoms with van der Waals surface area (Å²) in [6, 6.07) is 2.84. The van der Waals surface area contributed by atoms with Crippen LogP contribution >= 0.6 is 0 Å². The molecule has 0 aliphatic heterocycles. The highest BCUT2D eigenvalue weighted by Crippen LogP contribution is 2.35. The standard InChI is InChI=1S/C12H16N2O4/c1-4-8(2)18-12-6-10(14(15)16)9(7-13)5-11(12)17-3/h4-6,8H,1,7,13H2,2-3H3. The summed E-state index contributed by atoms with van der Waals surface area (Å²) in [5.41, 5.74) is 5.79. The van der Waals surface area contributed by atoms with Crippen LogP contribution in [-0.4, -0.2) is 18.1 Å². The molecule has 1 unspecified atom stereocenters. The Morgan fingerprint density at radius 2 is 2.22 bits per heavy atom. The summed E-state index contributed by atoms with van der Waals surface area (Å²) >= 11 is 0. The molecule has 0 saturated carbocycles. The van der Waals surface area contributed by atoms with Crippen LogP contribution in [0.25, 0.3) is 0 Å². The highest BCUT2D eigenvalue weighted by atomic mass is 16.6. The summed E-state index contributed by atoms with van der Waals surface area (Å²) in [7, 11) is 1.47. The maximum absolute atomic E-state index is 10.9. The molecule has 0 heterocycles. The minimum absolute atomic E-state index is 0.0595. The Labute approximate surface area is 105 Å². The average molecular weight is 252 g/mol. The first-order valence-electron chi connectivity index (χ1n) is 5.38. The molecule has 0 aliphatic rings. The molecule has 6 heteroatoms. The normalized spacial score (nSPS) is 11.7. The first-order valence-corrected chi connectivity index (χ1v) is 5.38. The number of hydrogen-bond donors (Lipinski definition) is 1. The van der Waals surface area contributed by atoms with Crippen LogP contribution in [0.4, 0.5) is 5.69 Å². The predicted octanol–water partition coefficient (Wildman–Crippen LogP) is 2.02. The molecule has 1 atom stereocenters. The van der Waals surface area contributed by atoms with Crippen molar-refractivity contribution < 1.29 is 14.4 Å². The number of nitro benzene ring substituents is 1. The summed E-state index contributed by atoms with van der Waals surface area (Å²) in [5.74, 6) is 0.712. The first-order chi connectivity index (χ1) is 8.53. The minimum Gasteiger partial charge on any atom is -0.493 e.